The molecule has 4 atom stereocenters. The fourth-order valence-corrected chi connectivity index (χ4v) is 5.88. The molecule has 3 aromatic heterocycles. The molecule has 0 N–H and O–H groups in total. The lowest BCUT2D eigenvalue weighted by Crippen LogP contribution is -2.46. The van der Waals surface area contributed by atoms with Gasteiger partial charge in [-0.3, -0.25) is 14.2 Å². The molecule has 2 aliphatic rings. The van der Waals surface area contributed by atoms with E-state index in [1.807, 2.05) is 64.3 Å². The molecule has 1 aliphatic carbocycles. The van der Waals surface area contributed by atoms with E-state index in [2.05, 4.69) is 38.1 Å². The van der Waals surface area contributed by atoms with Crippen LogP contribution in [0.4, 0.5) is 0 Å². The van der Waals surface area contributed by atoms with Crippen molar-refractivity contribution in [2.75, 3.05) is 27.3 Å². The molecular formula is C28H31N7O2. The summed E-state index contributed by atoms with van der Waals surface area (Å²) in [6.45, 7) is 1.34. The SMILES string of the molecule is CN(C)C(=O)C1C[C@H]2COC[C@@H](C1)[C@@H]2n1cc(-c2cnc(-c3cccc(-c4cnn(C)c4)c3)nc2)cn1. The van der Waals surface area contributed by atoms with Gasteiger partial charge in [0.15, 0.2) is 5.82 Å². The van der Waals surface area contributed by atoms with Crippen LogP contribution in [0.1, 0.15) is 18.9 Å². The first-order valence-electron chi connectivity index (χ1n) is 12.7. The number of hydrogen-bond donors (Lipinski definition) is 0. The molecule has 4 heterocycles. The van der Waals surface area contributed by atoms with Crippen LogP contribution in [0.3, 0.4) is 0 Å². The van der Waals surface area contributed by atoms with Crippen molar-refractivity contribution < 1.29 is 9.53 Å². The summed E-state index contributed by atoms with van der Waals surface area (Å²) in [7, 11) is 5.59. The van der Waals surface area contributed by atoms with Gasteiger partial charge in [0.25, 0.3) is 0 Å². The number of rotatable bonds is 5. The number of carbonyl (C=O) groups excluding carboxylic acids is 1. The third-order valence-electron chi connectivity index (χ3n) is 7.65. The Morgan fingerprint density at radius 3 is 2.24 bits per heavy atom. The zero-order chi connectivity index (χ0) is 25.5. The summed E-state index contributed by atoms with van der Waals surface area (Å²) < 4.78 is 9.74. The average molecular weight is 498 g/mol. The summed E-state index contributed by atoms with van der Waals surface area (Å²) in [6, 6.07) is 8.42. The van der Waals surface area contributed by atoms with Gasteiger partial charge in [0.05, 0.1) is 31.6 Å². The molecule has 1 amide bonds. The Morgan fingerprint density at radius 1 is 0.892 bits per heavy atom. The molecule has 4 aromatic rings. The van der Waals surface area contributed by atoms with Gasteiger partial charge >= 0.3 is 0 Å². The fourth-order valence-electron chi connectivity index (χ4n) is 5.88. The Morgan fingerprint density at radius 2 is 1.57 bits per heavy atom. The van der Waals surface area contributed by atoms with E-state index >= 15 is 0 Å². The number of aryl methyl sites for hydroxylation is 1. The average Bonchev–Trinajstić information content (AvgIpc) is 3.57. The molecule has 190 valence electrons. The summed E-state index contributed by atoms with van der Waals surface area (Å²) in [6.07, 6.45) is 13.2. The maximum absolute atomic E-state index is 12.6. The van der Waals surface area contributed by atoms with Gasteiger partial charge in [0.1, 0.15) is 0 Å². The number of hydrogen-bond acceptors (Lipinski definition) is 6. The highest BCUT2D eigenvalue weighted by atomic mass is 16.5. The molecule has 1 saturated carbocycles. The van der Waals surface area contributed by atoms with Gasteiger partial charge < -0.3 is 9.64 Å². The number of carbonyl (C=O) groups is 1. The number of benzene rings is 1. The molecule has 1 aliphatic heterocycles. The van der Waals surface area contributed by atoms with Crippen LogP contribution in [-0.4, -0.2) is 67.6 Å². The summed E-state index contributed by atoms with van der Waals surface area (Å²) in [5.41, 5.74) is 5.01. The van der Waals surface area contributed by atoms with E-state index in [9.17, 15) is 4.79 Å². The third-order valence-corrected chi connectivity index (χ3v) is 7.65. The van der Waals surface area contributed by atoms with E-state index in [1.165, 1.54) is 0 Å². The smallest absolute Gasteiger partial charge is 0.225 e. The number of ether oxygens (including phenoxy) is 1. The second kappa shape index (κ2) is 9.55. The van der Waals surface area contributed by atoms with Crippen molar-refractivity contribution in [2.24, 2.45) is 24.8 Å². The molecule has 1 saturated heterocycles. The quantitative estimate of drug-likeness (QED) is 0.418. The second-order valence-corrected chi connectivity index (χ2v) is 10.4. The minimum absolute atomic E-state index is 0.0674. The highest BCUT2D eigenvalue weighted by Crippen LogP contribution is 2.45. The Bertz CT molecular complexity index is 1390. The molecule has 9 heteroatoms. The van der Waals surface area contributed by atoms with Gasteiger partial charge in [-0.15, -0.1) is 0 Å². The first-order chi connectivity index (χ1) is 18.0. The van der Waals surface area contributed by atoms with Crippen LogP contribution in [0, 0.1) is 17.8 Å². The molecule has 1 unspecified atom stereocenters. The topological polar surface area (TPSA) is 91.0 Å². The van der Waals surface area contributed by atoms with Gasteiger partial charge in [0, 0.05) is 85.9 Å². The van der Waals surface area contributed by atoms with Crippen molar-refractivity contribution in [3.63, 3.8) is 0 Å². The number of aromatic nitrogens is 6. The van der Waals surface area contributed by atoms with E-state index in [1.54, 1.807) is 9.58 Å². The lowest BCUT2D eigenvalue weighted by atomic mass is 9.70. The number of nitrogens with zero attached hydrogens (tertiary/aromatic N) is 7. The summed E-state index contributed by atoms with van der Waals surface area (Å²) in [5.74, 6) is 1.52. The fraction of sp³-hybridized carbons (Fsp3) is 0.393. The molecule has 2 fully saturated rings. The van der Waals surface area contributed by atoms with Gasteiger partial charge in [-0.1, -0.05) is 18.2 Å². The monoisotopic (exact) mass is 497 g/mol. The van der Waals surface area contributed by atoms with Gasteiger partial charge in [-0.2, -0.15) is 10.2 Å². The van der Waals surface area contributed by atoms with Crippen molar-refractivity contribution in [3.8, 4) is 33.6 Å². The van der Waals surface area contributed by atoms with E-state index in [0.717, 1.165) is 40.7 Å². The van der Waals surface area contributed by atoms with Gasteiger partial charge in [-0.25, -0.2) is 9.97 Å². The lowest BCUT2D eigenvalue weighted by molar-refractivity contribution is -0.140. The zero-order valence-corrected chi connectivity index (χ0v) is 21.4. The molecule has 6 rings (SSSR count). The lowest BCUT2D eigenvalue weighted by Gasteiger charge is -2.45. The summed E-state index contributed by atoms with van der Waals surface area (Å²) >= 11 is 0. The molecule has 9 nitrogen and oxygen atoms in total. The van der Waals surface area contributed by atoms with Crippen molar-refractivity contribution in [3.05, 3.63) is 61.4 Å². The molecule has 1 aromatic carbocycles. The van der Waals surface area contributed by atoms with Crippen molar-refractivity contribution in [1.29, 1.82) is 0 Å². The van der Waals surface area contributed by atoms with Crippen molar-refractivity contribution >= 4 is 5.91 Å². The van der Waals surface area contributed by atoms with Crippen molar-refractivity contribution in [1.82, 2.24) is 34.4 Å². The maximum Gasteiger partial charge on any atom is 0.225 e. The maximum atomic E-state index is 12.6. The van der Waals surface area contributed by atoms with Crippen LogP contribution in [-0.2, 0) is 16.6 Å². The van der Waals surface area contributed by atoms with Gasteiger partial charge in [0.2, 0.25) is 5.91 Å². The third kappa shape index (κ3) is 4.55. The van der Waals surface area contributed by atoms with E-state index in [0.29, 0.717) is 19.0 Å². The predicted octanol–water partition coefficient (Wildman–Crippen LogP) is 3.71. The highest BCUT2D eigenvalue weighted by Gasteiger charge is 2.44. The molecule has 2 bridgehead atoms. The van der Waals surface area contributed by atoms with Gasteiger partial charge in [-0.05, 0) is 24.5 Å². The minimum atomic E-state index is 0.0674. The normalized spacial score (nSPS) is 23.1. The Balaban J connectivity index is 1.20. The first-order valence-corrected chi connectivity index (χ1v) is 12.7. The molecule has 37 heavy (non-hydrogen) atoms. The number of fused-ring (bicyclic) bond motifs is 2. The summed E-state index contributed by atoms with van der Waals surface area (Å²) in [4.78, 5) is 23.7. The Hall–Kier alpha value is -3.85. The Labute approximate surface area is 216 Å². The number of amides is 1. The summed E-state index contributed by atoms with van der Waals surface area (Å²) in [5, 5.41) is 9.00. The largest absolute Gasteiger partial charge is 0.381 e. The molecule has 0 spiro atoms. The van der Waals surface area contributed by atoms with E-state index in [-0.39, 0.29) is 29.7 Å². The minimum Gasteiger partial charge on any atom is -0.381 e. The highest BCUT2D eigenvalue weighted by molar-refractivity contribution is 5.78. The molecular weight excluding hydrogens is 466 g/mol. The van der Waals surface area contributed by atoms with Crippen LogP contribution in [0.15, 0.2) is 61.4 Å². The Kier molecular flexibility index (Phi) is 6.08. The van der Waals surface area contributed by atoms with Crippen LogP contribution in [0.5, 0.6) is 0 Å². The van der Waals surface area contributed by atoms with Crippen LogP contribution >= 0.6 is 0 Å². The van der Waals surface area contributed by atoms with E-state index in [4.69, 9.17) is 9.84 Å². The van der Waals surface area contributed by atoms with Crippen LogP contribution < -0.4 is 0 Å². The molecule has 0 radical (unpaired) electrons. The zero-order valence-electron chi connectivity index (χ0n) is 21.4. The van der Waals surface area contributed by atoms with Crippen LogP contribution in [0.2, 0.25) is 0 Å². The second-order valence-electron chi connectivity index (χ2n) is 10.4. The van der Waals surface area contributed by atoms with Crippen LogP contribution in [0.25, 0.3) is 33.6 Å². The standard InChI is InChI=1S/C28H31N7O2/c1-33(2)28(36)20-8-21-16-37-17-22(9-20)26(21)35-15-25(13-32-35)23-10-29-27(30-11-23)19-6-4-5-18(7-19)24-12-31-34(3)14-24/h4-7,10-15,20-22,26H,8-9,16-17H2,1-3H3/t20?,21-,22+,26+. The van der Waals surface area contributed by atoms with E-state index < -0.39 is 0 Å². The van der Waals surface area contributed by atoms with Crippen molar-refractivity contribution in [2.45, 2.75) is 18.9 Å². The first kappa shape index (κ1) is 23.5. The predicted molar refractivity (Wildman–Crippen MR) is 139 cm³/mol.